The first-order chi connectivity index (χ1) is 31.4. The molecule has 7 heterocycles. The molecule has 12 rings (SSSR count). The van der Waals surface area contributed by atoms with E-state index in [4.69, 9.17) is 19.3 Å². The number of H-pyrrole nitrogens is 1. The van der Waals surface area contributed by atoms with Crippen LogP contribution in [0.25, 0.3) is 39.1 Å². The number of halogens is 2. The number of aromatic amines is 1. The fraction of sp³-hybridized carbons (Fsp3) is 0.383. The molecular formula is C47H45F2N11O5. The zero-order chi connectivity index (χ0) is 44.6. The van der Waals surface area contributed by atoms with Crippen LogP contribution in [0.1, 0.15) is 108 Å². The summed E-state index contributed by atoms with van der Waals surface area (Å²) >= 11 is 0. The van der Waals surface area contributed by atoms with E-state index in [1.165, 1.54) is 21.5 Å². The lowest BCUT2D eigenvalue weighted by molar-refractivity contribution is 0.0656. The van der Waals surface area contributed by atoms with Crippen molar-refractivity contribution in [3.63, 3.8) is 0 Å². The molecule has 3 atom stereocenters. The van der Waals surface area contributed by atoms with Crippen LogP contribution in [0, 0.1) is 31.4 Å². The highest BCUT2D eigenvalue weighted by molar-refractivity contribution is 5.96. The van der Waals surface area contributed by atoms with E-state index in [9.17, 15) is 9.59 Å². The molecular weight excluding hydrogens is 837 g/mol. The summed E-state index contributed by atoms with van der Waals surface area (Å²) in [6.45, 7) is 8.88. The Bertz CT molecular complexity index is 3370. The molecule has 1 saturated heterocycles. The zero-order valence-electron chi connectivity index (χ0n) is 36.2. The van der Waals surface area contributed by atoms with Gasteiger partial charge in [-0.1, -0.05) is 18.1 Å². The number of rotatable bonds is 8. The van der Waals surface area contributed by atoms with Crippen molar-refractivity contribution in [3.8, 4) is 17.2 Å². The highest BCUT2D eigenvalue weighted by Crippen LogP contribution is 2.55. The van der Waals surface area contributed by atoms with E-state index in [0.717, 1.165) is 36.8 Å². The second-order valence-corrected chi connectivity index (χ2v) is 18.3. The maximum atomic E-state index is 16.4. The number of nitrogens with zero attached hydrogens (tertiary/aromatic N) is 10. The van der Waals surface area contributed by atoms with E-state index >= 15 is 13.6 Å². The van der Waals surface area contributed by atoms with Gasteiger partial charge in [-0.2, -0.15) is 10.2 Å². The summed E-state index contributed by atoms with van der Waals surface area (Å²) in [7, 11) is 0. The van der Waals surface area contributed by atoms with Crippen molar-refractivity contribution in [1.29, 1.82) is 0 Å². The summed E-state index contributed by atoms with van der Waals surface area (Å²) in [5.41, 5.74) is 4.28. The van der Waals surface area contributed by atoms with Gasteiger partial charge in [0, 0.05) is 44.1 Å². The Morgan fingerprint density at radius 3 is 2.37 bits per heavy atom. The summed E-state index contributed by atoms with van der Waals surface area (Å²) in [4.78, 5) is 52.2. The fourth-order valence-corrected chi connectivity index (χ4v) is 10.6. The first kappa shape index (κ1) is 39.6. The Labute approximate surface area is 369 Å². The van der Waals surface area contributed by atoms with Gasteiger partial charge in [0.15, 0.2) is 11.6 Å². The maximum Gasteiger partial charge on any atom is 0.438 e. The molecule has 1 N–H and O–H groups in total. The summed E-state index contributed by atoms with van der Waals surface area (Å²) < 4.78 is 50.2. The number of aromatic nitrogens is 10. The van der Waals surface area contributed by atoms with Gasteiger partial charge in [0.2, 0.25) is 5.82 Å². The standard InChI is InChI=1S/C47H45F2N11O5/c1-24-19-31(20-25(2)39(24)48)60-42(57-16-15-56(46(57)63)37-10-9-35-32(40(37)49)23-50-59(35)30-6-7-30)38-27(4)55(14-11-33(38)53-60)43(61)41-51-34-21-29(28-12-17-64-18-13-28)5-8-36(34)58(41)47(22-26(47)3)44-52-45(62)65-54-44/h5,8-10,15-16,19-21,23,26-28,30H,6-7,11-14,17-18,22H2,1-4H3,(H,52,54,62)/t26-,27-,47-/m0/s1. The molecule has 0 spiro atoms. The number of carbonyl (C=O) groups is 1. The van der Waals surface area contributed by atoms with Gasteiger partial charge in [0.05, 0.1) is 57.3 Å². The van der Waals surface area contributed by atoms with Crippen LogP contribution >= 0.6 is 0 Å². The number of imidazole rings is 2. The molecule has 1 amide bonds. The summed E-state index contributed by atoms with van der Waals surface area (Å²) in [5.74, 6) is -0.900. The topological polar surface area (TPSA) is 169 Å². The number of amides is 1. The van der Waals surface area contributed by atoms with Gasteiger partial charge in [-0.05, 0) is 118 Å². The van der Waals surface area contributed by atoms with Crippen molar-refractivity contribution >= 4 is 27.8 Å². The molecule has 5 aromatic heterocycles. The van der Waals surface area contributed by atoms with Crippen molar-refractivity contribution in [3.05, 3.63) is 133 Å². The number of fused-ring (bicyclic) bond motifs is 3. The van der Waals surface area contributed by atoms with Gasteiger partial charge >= 0.3 is 11.4 Å². The van der Waals surface area contributed by atoms with Crippen LogP contribution in [0.2, 0.25) is 0 Å². The molecule has 65 heavy (non-hydrogen) atoms. The predicted octanol–water partition coefficient (Wildman–Crippen LogP) is 6.86. The third-order valence-electron chi connectivity index (χ3n) is 14.3. The van der Waals surface area contributed by atoms with Crippen LogP contribution in [0.15, 0.2) is 75.2 Å². The van der Waals surface area contributed by atoms with Gasteiger partial charge in [0.1, 0.15) is 17.2 Å². The molecule has 332 valence electrons. The number of hydrogen-bond acceptors (Lipinski definition) is 9. The van der Waals surface area contributed by atoms with Crippen LogP contribution in [0.3, 0.4) is 0 Å². The Morgan fingerprint density at radius 1 is 0.923 bits per heavy atom. The Kier molecular flexibility index (Phi) is 8.70. The van der Waals surface area contributed by atoms with Gasteiger partial charge in [-0.15, -0.1) is 0 Å². The molecule has 0 radical (unpaired) electrons. The normalized spacial score (nSPS) is 21.2. The van der Waals surface area contributed by atoms with E-state index in [1.54, 1.807) is 53.9 Å². The summed E-state index contributed by atoms with van der Waals surface area (Å²) in [6, 6.07) is 12.4. The van der Waals surface area contributed by atoms with Gasteiger partial charge < -0.3 is 14.2 Å². The second kappa shape index (κ2) is 14.3. The lowest BCUT2D eigenvalue weighted by atomic mass is 9.91. The Hall–Kier alpha value is -6.95. The zero-order valence-corrected chi connectivity index (χ0v) is 36.2. The number of ether oxygens (including phenoxy) is 1. The molecule has 2 aliphatic heterocycles. The Morgan fingerprint density at radius 2 is 1.66 bits per heavy atom. The van der Waals surface area contributed by atoms with E-state index in [-0.39, 0.29) is 47.7 Å². The van der Waals surface area contributed by atoms with Gasteiger partial charge in [-0.25, -0.2) is 28.0 Å². The van der Waals surface area contributed by atoms with Crippen LogP contribution in [-0.2, 0) is 16.7 Å². The molecule has 3 fully saturated rings. The first-order valence-corrected chi connectivity index (χ1v) is 22.3. The molecule has 0 bridgehead atoms. The molecule has 3 aromatic carbocycles. The number of benzene rings is 3. The van der Waals surface area contributed by atoms with E-state index in [2.05, 4.69) is 21.3 Å². The molecule has 2 saturated carbocycles. The van der Waals surface area contributed by atoms with E-state index in [0.29, 0.717) is 82.2 Å². The first-order valence-electron chi connectivity index (χ1n) is 22.3. The van der Waals surface area contributed by atoms with Crippen LogP contribution in [0.5, 0.6) is 0 Å². The van der Waals surface area contributed by atoms with Gasteiger partial charge in [-0.3, -0.25) is 28.1 Å². The number of carbonyl (C=O) groups excluding carboxylic acids is 1. The highest BCUT2D eigenvalue weighted by Gasteiger charge is 2.59. The smallest absolute Gasteiger partial charge is 0.381 e. The van der Waals surface area contributed by atoms with Crippen molar-refractivity contribution in [2.45, 2.75) is 89.8 Å². The lowest BCUT2D eigenvalue weighted by Gasteiger charge is -2.34. The minimum absolute atomic E-state index is 0.0314. The van der Waals surface area contributed by atoms with Crippen LogP contribution in [0.4, 0.5) is 8.78 Å². The molecule has 4 aliphatic rings. The van der Waals surface area contributed by atoms with E-state index in [1.807, 2.05) is 35.2 Å². The number of nitrogens with one attached hydrogen (secondary N) is 1. The van der Waals surface area contributed by atoms with Crippen LogP contribution < -0.4 is 11.4 Å². The van der Waals surface area contributed by atoms with Crippen molar-refractivity contribution in [1.82, 2.24) is 53.3 Å². The average molecular weight is 882 g/mol. The second-order valence-electron chi connectivity index (χ2n) is 18.3. The monoisotopic (exact) mass is 881 g/mol. The lowest BCUT2D eigenvalue weighted by Crippen LogP contribution is -2.41. The fourth-order valence-electron chi connectivity index (χ4n) is 10.6. The minimum atomic E-state index is -0.907. The predicted molar refractivity (Wildman–Crippen MR) is 233 cm³/mol. The maximum absolute atomic E-state index is 16.4. The average Bonchev–Trinajstić information content (AvgIpc) is 3.83. The molecule has 0 unspecified atom stereocenters. The van der Waals surface area contributed by atoms with Crippen molar-refractivity contribution in [2.75, 3.05) is 19.8 Å². The number of hydrogen-bond donors (Lipinski definition) is 1. The number of aryl methyl sites for hydroxylation is 2. The van der Waals surface area contributed by atoms with Crippen LogP contribution in [-0.4, -0.2) is 79.0 Å². The molecule has 16 nitrogen and oxygen atoms in total. The molecule has 2 aliphatic carbocycles. The van der Waals surface area contributed by atoms with E-state index < -0.39 is 28.8 Å². The van der Waals surface area contributed by atoms with Gasteiger partial charge in [0.25, 0.3) is 5.91 Å². The summed E-state index contributed by atoms with van der Waals surface area (Å²) in [6.07, 6.45) is 9.20. The van der Waals surface area contributed by atoms with Crippen molar-refractivity contribution < 1.29 is 22.8 Å². The highest BCUT2D eigenvalue weighted by atomic mass is 19.1. The third-order valence-corrected chi connectivity index (χ3v) is 14.3. The largest absolute Gasteiger partial charge is 0.438 e. The molecule has 8 aromatic rings. The SMILES string of the molecule is Cc1cc(-n2nc3c(c2-n2ccn(-c4ccc5c(cnn5C5CC5)c4F)c2=O)[C@H](C)N(C(=O)c2nc4cc(C5CCOCC5)ccc4n2[C@@]2(c4noc(=O)[nH]4)C[C@@H]2C)CC3)cc(C)c1F. The minimum Gasteiger partial charge on any atom is -0.381 e. The Balaban J connectivity index is 0.998. The summed E-state index contributed by atoms with van der Waals surface area (Å²) in [5, 5.41) is 14.0. The van der Waals surface area contributed by atoms with Crippen molar-refractivity contribution in [2.24, 2.45) is 5.92 Å². The quantitative estimate of drug-likeness (QED) is 0.172. The third kappa shape index (κ3) is 5.91. The molecule has 18 heteroatoms.